The number of hydrogen-bond acceptors (Lipinski definition) is 3. The van der Waals surface area contributed by atoms with Crippen LogP contribution in [-0.2, 0) is 20.8 Å². The number of ketones is 2. The molecule has 1 aromatic rings. The standard InChI is InChI=1S/C18H19ClF3NO3/c1-17(2)8-14(24)11(15(25)9-17)6-16(26)23-13-5-10(3-4-12(13)19)7-18(20,21)22/h3-5,11H,6-9H2,1-2H3,(H,23,26). The number of alkyl halides is 3. The molecule has 1 aromatic carbocycles. The van der Waals surface area contributed by atoms with Gasteiger partial charge in [-0.15, -0.1) is 0 Å². The van der Waals surface area contributed by atoms with Crippen molar-refractivity contribution in [2.75, 3.05) is 5.32 Å². The maximum absolute atomic E-state index is 12.5. The summed E-state index contributed by atoms with van der Waals surface area (Å²) in [7, 11) is 0. The van der Waals surface area contributed by atoms with E-state index in [9.17, 15) is 27.6 Å². The van der Waals surface area contributed by atoms with Crippen LogP contribution in [0.2, 0.25) is 5.02 Å². The van der Waals surface area contributed by atoms with Gasteiger partial charge < -0.3 is 5.32 Å². The Bertz CT molecular complexity index is 724. The van der Waals surface area contributed by atoms with Gasteiger partial charge in [-0.3, -0.25) is 14.4 Å². The minimum absolute atomic E-state index is 0.0226. The first-order valence-electron chi connectivity index (χ1n) is 8.07. The second-order valence-electron chi connectivity index (χ2n) is 7.36. The van der Waals surface area contributed by atoms with Gasteiger partial charge in [0, 0.05) is 19.3 Å². The lowest BCUT2D eigenvalue weighted by molar-refractivity contribution is -0.142. The molecular weight excluding hydrogens is 371 g/mol. The molecule has 0 heterocycles. The highest BCUT2D eigenvalue weighted by Gasteiger charge is 2.40. The van der Waals surface area contributed by atoms with Crippen molar-refractivity contribution in [2.45, 2.75) is 45.7 Å². The fourth-order valence-electron chi connectivity index (χ4n) is 3.06. The van der Waals surface area contributed by atoms with E-state index in [1.807, 2.05) is 13.8 Å². The van der Waals surface area contributed by atoms with Crippen molar-refractivity contribution in [1.82, 2.24) is 0 Å². The quantitative estimate of drug-likeness (QED) is 0.779. The van der Waals surface area contributed by atoms with Crippen LogP contribution in [0.4, 0.5) is 18.9 Å². The number of benzene rings is 1. The smallest absolute Gasteiger partial charge is 0.325 e. The van der Waals surface area contributed by atoms with Gasteiger partial charge in [0.1, 0.15) is 11.6 Å². The molecule has 1 N–H and O–H groups in total. The predicted molar refractivity (Wildman–Crippen MR) is 91.0 cm³/mol. The van der Waals surface area contributed by atoms with Gasteiger partial charge in [-0.2, -0.15) is 13.2 Å². The molecule has 0 saturated heterocycles. The van der Waals surface area contributed by atoms with E-state index in [0.29, 0.717) is 0 Å². The molecule has 8 heteroatoms. The van der Waals surface area contributed by atoms with E-state index >= 15 is 0 Å². The molecular formula is C18H19ClF3NO3. The van der Waals surface area contributed by atoms with Crippen LogP contribution in [-0.4, -0.2) is 23.6 Å². The van der Waals surface area contributed by atoms with Crippen molar-refractivity contribution in [3.05, 3.63) is 28.8 Å². The van der Waals surface area contributed by atoms with Gasteiger partial charge in [0.15, 0.2) is 0 Å². The zero-order valence-electron chi connectivity index (χ0n) is 14.4. The molecule has 0 atom stereocenters. The molecule has 2 rings (SSSR count). The van der Waals surface area contributed by atoms with Crippen molar-refractivity contribution in [3.63, 3.8) is 0 Å². The van der Waals surface area contributed by atoms with Crippen LogP contribution in [0, 0.1) is 11.3 Å². The van der Waals surface area contributed by atoms with Gasteiger partial charge in [-0.25, -0.2) is 0 Å². The number of anilines is 1. The topological polar surface area (TPSA) is 63.2 Å². The molecule has 26 heavy (non-hydrogen) atoms. The molecule has 1 fully saturated rings. The molecule has 1 aliphatic carbocycles. The first kappa shape index (κ1) is 20.4. The maximum atomic E-state index is 12.5. The SMILES string of the molecule is CC1(C)CC(=O)C(CC(=O)Nc2cc(CC(F)(F)F)ccc2Cl)C(=O)C1. The Kier molecular flexibility index (Phi) is 5.80. The van der Waals surface area contributed by atoms with Crippen molar-refractivity contribution in [2.24, 2.45) is 11.3 Å². The molecule has 0 bridgehead atoms. The highest BCUT2D eigenvalue weighted by molar-refractivity contribution is 6.33. The summed E-state index contributed by atoms with van der Waals surface area (Å²) in [5.74, 6) is -2.24. The minimum Gasteiger partial charge on any atom is -0.325 e. The molecule has 4 nitrogen and oxygen atoms in total. The number of nitrogens with one attached hydrogen (secondary N) is 1. The second kappa shape index (κ2) is 7.39. The molecule has 142 valence electrons. The summed E-state index contributed by atoms with van der Waals surface area (Å²) in [5, 5.41) is 2.48. The third-order valence-electron chi connectivity index (χ3n) is 4.18. The summed E-state index contributed by atoms with van der Waals surface area (Å²) < 4.78 is 37.5. The molecule has 0 aliphatic heterocycles. The molecule has 1 amide bonds. The summed E-state index contributed by atoms with van der Waals surface area (Å²) in [6.45, 7) is 3.62. The van der Waals surface area contributed by atoms with Gasteiger partial charge in [0.2, 0.25) is 5.91 Å². The second-order valence-corrected chi connectivity index (χ2v) is 7.77. The van der Waals surface area contributed by atoms with Gasteiger partial charge in [0.05, 0.1) is 23.0 Å². The molecule has 0 spiro atoms. The lowest BCUT2D eigenvalue weighted by Crippen LogP contribution is -2.39. The number of carbonyl (C=O) groups excluding carboxylic acids is 3. The van der Waals surface area contributed by atoms with E-state index in [2.05, 4.69) is 5.32 Å². The largest absolute Gasteiger partial charge is 0.393 e. The Hall–Kier alpha value is -1.89. The van der Waals surface area contributed by atoms with Crippen LogP contribution in [0.5, 0.6) is 0 Å². The van der Waals surface area contributed by atoms with E-state index in [1.54, 1.807) is 0 Å². The first-order valence-corrected chi connectivity index (χ1v) is 8.44. The normalized spacial score (nSPS) is 18.1. The van der Waals surface area contributed by atoms with Gasteiger partial charge in [0.25, 0.3) is 0 Å². The van der Waals surface area contributed by atoms with Crippen molar-refractivity contribution < 1.29 is 27.6 Å². The molecule has 0 unspecified atom stereocenters. The van der Waals surface area contributed by atoms with Crippen LogP contribution >= 0.6 is 11.6 Å². The van der Waals surface area contributed by atoms with E-state index in [0.717, 1.165) is 6.07 Å². The zero-order chi connectivity index (χ0) is 19.7. The zero-order valence-corrected chi connectivity index (χ0v) is 15.1. The molecule has 1 aliphatic rings. The van der Waals surface area contributed by atoms with Crippen molar-refractivity contribution in [1.29, 1.82) is 0 Å². The average molecular weight is 390 g/mol. The maximum Gasteiger partial charge on any atom is 0.393 e. The van der Waals surface area contributed by atoms with Crippen molar-refractivity contribution >= 4 is 34.8 Å². The number of Topliss-reactive ketones (excluding diaryl/α,β-unsaturated/α-hetero) is 2. The highest BCUT2D eigenvalue weighted by Crippen LogP contribution is 2.35. The highest BCUT2D eigenvalue weighted by atomic mass is 35.5. The third kappa shape index (κ3) is 5.56. The van der Waals surface area contributed by atoms with Gasteiger partial charge in [-0.1, -0.05) is 31.5 Å². The van der Waals surface area contributed by atoms with E-state index in [4.69, 9.17) is 11.6 Å². The lowest BCUT2D eigenvalue weighted by atomic mass is 9.70. The number of hydrogen-bond donors (Lipinski definition) is 1. The van der Waals surface area contributed by atoms with Gasteiger partial charge in [-0.05, 0) is 23.1 Å². The molecule has 1 saturated carbocycles. The van der Waals surface area contributed by atoms with Crippen LogP contribution in [0.3, 0.4) is 0 Å². The number of halogens is 4. The molecule has 0 aromatic heterocycles. The Balaban J connectivity index is 2.07. The van der Waals surface area contributed by atoms with E-state index < -0.39 is 29.8 Å². The summed E-state index contributed by atoms with van der Waals surface area (Å²) in [6.07, 6.45) is -5.46. The van der Waals surface area contributed by atoms with E-state index in [-0.39, 0.29) is 47.1 Å². The summed E-state index contributed by atoms with van der Waals surface area (Å²) >= 11 is 5.92. The Labute approximate surface area is 154 Å². The fourth-order valence-corrected chi connectivity index (χ4v) is 3.22. The Morgan fingerprint density at radius 3 is 2.35 bits per heavy atom. The third-order valence-corrected chi connectivity index (χ3v) is 4.51. The number of amides is 1. The fraction of sp³-hybridized carbons (Fsp3) is 0.500. The minimum atomic E-state index is -4.39. The number of rotatable bonds is 4. The number of carbonyl (C=O) groups is 3. The summed E-state index contributed by atoms with van der Waals surface area (Å²) in [4.78, 5) is 36.5. The monoisotopic (exact) mass is 389 g/mol. The Morgan fingerprint density at radius 2 is 1.81 bits per heavy atom. The average Bonchev–Trinajstić information content (AvgIpc) is 2.44. The van der Waals surface area contributed by atoms with Crippen LogP contribution in [0.15, 0.2) is 18.2 Å². The van der Waals surface area contributed by atoms with Crippen molar-refractivity contribution in [3.8, 4) is 0 Å². The van der Waals surface area contributed by atoms with Gasteiger partial charge >= 0.3 is 6.18 Å². The van der Waals surface area contributed by atoms with Crippen LogP contribution in [0.25, 0.3) is 0 Å². The van der Waals surface area contributed by atoms with E-state index in [1.165, 1.54) is 12.1 Å². The lowest BCUT2D eigenvalue weighted by Gasteiger charge is -2.31. The molecule has 0 radical (unpaired) electrons. The first-order chi connectivity index (χ1) is 11.9. The summed E-state index contributed by atoms with van der Waals surface area (Å²) in [5.41, 5.74) is -0.450. The summed E-state index contributed by atoms with van der Waals surface area (Å²) in [6, 6.07) is 3.63. The van der Waals surface area contributed by atoms with Crippen LogP contribution in [0.1, 0.15) is 38.7 Å². The predicted octanol–water partition coefficient (Wildman–Crippen LogP) is 4.35. The Morgan fingerprint density at radius 1 is 1.23 bits per heavy atom. The van der Waals surface area contributed by atoms with Crippen LogP contribution < -0.4 is 5.32 Å².